The minimum absolute atomic E-state index is 0.0236. The second-order valence-corrected chi connectivity index (χ2v) is 6.17. The van der Waals surface area contributed by atoms with Crippen molar-refractivity contribution < 1.29 is 19.1 Å². The Balaban J connectivity index is 1.88. The van der Waals surface area contributed by atoms with E-state index in [1.165, 1.54) is 25.5 Å². The maximum atomic E-state index is 12.5. The molecule has 0 aromatic heterocycles. The molecule has 0 N–H and O–H groups in total. The number of methoxy groups -OCH3 is 1. The minimum Gasteiger partial charge on any atom is -0.484 e. The van der Waals surface area contributed by atoms with Crippen LogP contribution in [0.3, 0.4) is 0 Å². The SMILES string of the molecule is COC(=O)CCN(CCC1=CCCCC1)C(=O)COc1ccccc1. The number of allylic oxidation sites excluding steroid dienone is 1. The van der Waals surface area contributed by atoms with E-state index in [1.807, 2.05) is 30.3 Å². The molecule has 0 radical (unpaired) electrons. The molecule has 0 heterocycles. The van der Waals surface area contributed by atoms with E-state index in [-0.39, 0.29) is 24.9 Å². The van der Waals surface area contributed by atoms with Gasteiger partial charge in [-0.05, 0) is 44.2 Å². The van der Waals surface area contributed by atoms with E-state index in [9.17, 15) is 9.59 Å². The highest BCUT2D eigenvalue weighted by molar-refractivity contribution is 5.78. The maximum absolute atomic E-state index is 12.5. The van der Waals surface area contributed by atoms with E-state index in [0.29, 0.717) is 18.8 Å². The summed E-state index contributed by atoms with van der Waals surface area (Å²) in [5, 5.41) is 0. The van der Waals surface area contributed by atoms with E-state index in [0.717, 1.165) is 19.3 Å². The molecule has 0 spiro atoms. The van der Waals surface area contributed by atoms with Crippen molar-refractivity contribution in [2.75, 3.05) is 26.8 Å². The van der Waals surface area contributed by atoms with E-state index in [2.05, 4.69) is 10.8 Å². The number of hydrogen-bond acceptors (Lipinski definition) is 4. The van der Waals surface area contributed by atoms with Crippen LogP contribution >= 0.6 is 0 Å². The van der Waals surface area contributed by atoms with Gasteiger partial charge in [-0.3, -0.25) is 9.59 Å². The second-order valence-electron chi connectivity index (χ2n) is 6.17. The lowest BCUT2D eigenvalue weighted by atomic mass is 9.97. The van der Waals surface area contributed by atoms with E-state index >= 15 is 0 Å². The molecule has 1 aromatic carbocycles. The van der Waals surface area contributed by atoms with Crippen LogP contribution in [0.1, 0.15) is 38.5 Å². The Labute approximate surface area is 149 Å². The molecule has 25 heavy (non-hydrogen) atoms. The van der Waals surface area contributed by atoms with Crippen LogP contribution in [0.4, 0.5) is 0 Å². The lowest BCUT2D eigenvalue weighted by Crippen LogP contribution is -2.37. The summed E-state index contributed by atoms with van der Waals surface area (Å²) in [5.41, 5.74) is 1.41. The van der Waals surface area contributed by atoms with Crippen LogP contribution < -0.4 is 4.74 Å². The number of ether oxygens (including phenoxy) is 2. The number of hydrogen-bond donors (Lipinski definition) is 0. The average molecular weight is 345 g/mol. The Kier molecular flexibility index (Phi) is 8.02. The van der Waals surface area contributed by atoms with Crippen molar-refractivity contribution in [1.29, 1.82) is 0 Å². The molecule has 0 saturated carbocycles. The Morgan fingerprint density at radius 3 is 2.60 bits per heavy atom. The summed E-state index contributed by atoms with van der Waals surface area (Å²) in [6.07, 6.45) is 8.05. The van der Waals surface area contributed by atoms with Crippen LogP contribution in [0.15, 0.2) is 42.0 Å². The number of rotatable bonds is 9. The lowest BCUT2D eigenvalue weighted by Gasteiger charge is -2.24. The van der Waals surface area contributed by atoms with Gasteiger partial charge in [-0.15, -0.1) is 0 Å². The fourth-order valence-corrected chi connectivity index (χ4v) is 2.85. The van der Waals surface area contributed by atoms with Crippen molar-refractivity contribution in [3.8, 4) is 5.75 Å². The second kappa shape index (κ2) is 10.5. The highest BCUT2D eigenvalue weighted by Crippen LogP contribution is 2.20. The molecule has 0 unspecified atom stereocenters. The molecule has 0 aliphatic heterocycles. The van der Waals surface area contributed by atoms with Crippen LogP contribution in [-0.4, -0.2) is 43.6 Å². The van der Waals surface area contributed by atoms with Crippen LogP contribution in [0.5, 0.6) is 5.75 Å². The first-order valence-corrected chi connectivity index (χ1v) is 8.89. The number of esters is 1. The Hall–Kier alpha value is -2.30. The van der Waals surface area contributed by atoms with E-state index in [4.69, 9.17) is 4.74 Å². The molecule has 0 saturated heterocycles. The molecule has 5 heteroatoms. The van der Waals surface area contributed by atoms with Crippen molar-refractivity contribution in [3.05, 3.63) is 42.0 Å². The van der Waals surface area contributed by atoms with Gasteiger partial charge in [-0.1, -0.05) is 29.8 Å². The van der Waals surface area contributed by atoms with E-state index in [1.54, 1.807) is 4.90 Å². The molecule has 1 aromatic rings. The van der Waals surface area contributed by atoms with Gasteiger partial charge in [0.05, 0.1) is 13.5 Å². The number of carbonyl (C=O) groups is 2. The van der Waals surface area contributed by atoms with Crippen molar-refractivity contribution in [1.82, 2.24) is 4.90 Å². The van der Waals surface area contributed by atoms with Gasteiger partial charge in [0.1, 0.15) is 5.75 Å². The number of nitrogens with zero attached hydrogens (tertiary/aromatic N) is 1. The van der Waals surface area contributed by atoms with Gasteiger partial charge in [-0.25, -0.2) is 0 Å². The highest BCUT2D eigenvalue weighted by Gasteiger charge is 2.17. The van der Waals surface area contributed by atoms with Crippen LogP contribution in [-0.2, 0) is 14.3 Å². The quantitative estimate of drug-likeness (QED) is 0.509. The van der Waals surface area contributed by atoms with Gasteiger partial charge < -0.3 is 14.4 Å². The van der Waals surface area contributed by atoms with Gasteiger partial charge in [0, 0.05) is 13.1 Å². The summed E-state index contributed by atoms with van der Waals surface area (Å²) >= 11 is 0. The van der Waals surface area contributed by atoms with Crippen molar-refractivity contribution in [2.24, 2.45) is 0 Å². The topological polar surface area (TPSA) is 55.8 Å². The number of carbonyl (C=O) groups excluding carboxylic acids is 2. The molecule has 0 atom stereocenters. The van der Waals surface area contributed by atoms with Crippen molar-refractivity contribution in [2.45, 2.75) is 38.5 Å². The molecular formula is C20H27NO4. The summed E-state index contributed by atoms with van der Waals surface area (Å²) in [5.74, 6) is 0.251. The van der Waals surface area contributed by atoms with E-state index < -0.39 is 0 Å². The fraction of sp³-hybridized carbons (Fsp3) is 0.500. The number of benzene rings is 1. The van der Waals surface area contributed by atoms with Crippen LogP contribution in [0, 0.1) is 0 Å². The first-order chi connectivity index (χ1) is 12.2. The minimum atomic E-state index is -0.307. The molecule has 0 fully saturated rings. The predicted molar refractivity (Wildman–Crippen MR) is 96.3 cm³/mol. The summed E-state index contributed by atoms with van der Waals surface area (Å²) in [6, 6.07) is 9.27. The fourth-order valence-electron chi connectivity index (χ4n) is 2.85. The van der Waals surface area contributed by atoms with Crippen molar-refractivity contribution >= 4 is 11.9 Å². The maximum Gasteiger partial charge on any atom is 0.307 e. The zero-order valence-electron chi connectivity index (χ0n) is 14.9. The van der Waals surface area contributed by atoms with Gasteiger partial charge >= 0.3 is 5.97 Å². The molecule has 0 bridgehead atoms. The number of para-hydroxylation sites is 1. The van der Waals surface area contributed by atoms with Gasteiger partial charge in [0.15, 0.2) is 6.61 Å². The largest absolute Gasteiger partial charge is 0.484 e. The summed E-state index contributed by atoms with van der Waals surface area (Å²) in [6.45, 7) is 0.945. The Morgan fingerprint density at radius 1 is 1.12 bits per heavy atom. The summed E-state index contributed by atoms with van der Waals surface area (Å²) < 4.78 is 10.2. The van der Waals surface area contributed by atoms with Crippen LogP contribution in [0.25, 0.3) is 0 Å². The number of amides is 1. The van der Waals surface area contributed by atoms with Crippen molar-refractivity contribution in [3.63, 3.8) is 0 Å². The first kappa shape index (κ1) is 19.0. The predicted octanol–water partition coefficient (Wildman–Crippen LogP) is 3.35. The van der Waals surface area contributed by atoms with Gasteiger partial charge in [0.2, 0.25) is 0 Å². The molecule has 2 rings (SSSR count). The van der Waals surface area contributed by atoms with Crippen LogP contribution in [0.2, 0.25) is 0 Å². The highest BCUT2D eigenvalue weighted by atomic mass is 16.5. The molecule has 5 nitrogen and oxygen atoms in total. The Bertz CT molecular complexity index is 583. The third-order valence-electron chi connectivity index (χ3n) is 4.36. The normalized spacial score (nSPS) is 13.7. The molecule has 1 aliphatic carbocycles. The molecular weight excluding hydrogens is 318 g/mol. The third kappa shape index (κ3) is 6.99. The summed E-state index contributed by atoms with van der Waals surface area (Å²) in [7, 11) is 1.36. The summed E-state index contributed by atoms with van der Waals surface area (Å²) in [4.78, 5) is 25.6. The molecule has 1 amide bonds. The molecule has 136 valence electrons. The standard InChI is InChI=1S/C20H27NO4/c1-24-20(23)13-15-21(14-12-17-8-4-2-5-9-17)19(22)16-25-18-10-6-3-7-11-18/h3,6-8,10-11H,2,4-5,9,12-16H2,1H3. The smallest absolute Gasteiger partial charge is 0.307 e. The Morgan fingerprint density at radius 2 is 1.92 bits per heavy atom. The molecule has 1 aliphatic rings. The monoisotopic (exact) mass is 345 g/mol. The zero-order chi connectivity index (χ0) is 17.9. The zero-order valence-corrected chi connectivity index (χ0v) is 14.9. The first-order valence-electron chi connectivity index (χ1n) is 8.89. The van der Waals surface area contributed by atoms with Gasteiger partial charge in [0.25, 0.3) is 5.91 Å². The average Bonchev–Trinajstić information content (AvgIpc) is 2.67. The third-order valence-corrected chi connectivity index (χ3v) is 4.36. The van der Waals surface area contributed by atoms with Gasteiger partial charge in [-0.2, -0.15) is 0 Å². The lowest BCUT2D eigenvalue weighted by molar-refractivity contribution is -0.142.